The van der Waals surface area contributed by atoms with Gasteiger partial charge in [0.1, 0.15) is 0 Å². The Hall–Kier alpha value is -0.780. The van der Waals surface area contributed by atoms with Gasteiger partial charge in [0.15, 0.2) is 0 Å². The van der Waals surface area contributed by atoms with Crippen LogP contribution in [0.3, 0.4) is 0 Å². The maximum atomic E-state index is 2.46. The van der Waals surface area contributed by atoms with Crippen molar-refractivity contribution in [2.24, 2.45) is 10.8 Å². The molecule has 0 aliphatic heterocycles. The van der Waals surface area contributed by atoms with Crippen molar-refractivity contribution in [3.63, 3.8) is 0 Å². The molecule has 0 unspecified atom stereocenters. The average Bonchev–Trinajstić information content (AvgIpc) is 3.49. The summed E-state index contributed by atoms with van der Waals surface area (Å²) in [6.07, 6.45) is 18.4. The minimum absolute atomic E-state index is 0.728. The van der Waals surface area contributed by atoms with Crippen molar-refractivity contribution in [2.45, 2.75) is 111 Å². The molecular weight excluding hydrogens is 300 g/mol. The van der Waals surface area contributed by atoms with Crippen LogP contribution in [0.25, 0.3) is 0 Å². The van der Waals surface area contributed by atoms with E-state index in [4.69, 9.17) is 0 Å². The van der Waals surface area contributed by atoms with E-state index in [2.05, 4.69) is 39.8 Å². The van der Waals surface area contributed by atoms with Crippen LogP contribution in [-0.4, -0.2) is 0 Å². The second-order valence-corrected chi connectivity index (χ2v) is 10.0. The fraction of sp³-hybridized carbons (Fsp3) is 0.760. The summed E-state index contributed by atoms with van der Waals surface area (Å²) in [5.41, 5.74) is 7.81. The van der Waals surface area contributed by atoms with Gasteiger partial charge in [-0.2, -0.15) is 0 Å². The van der Waals surface area contributed by atoms with Gasteiger partial charge in [-0.05, 0) is 111 Å². The van der Waals surface area contributed by atoms with Gasteiger partial charge in [0.25, 0.3) is 0 Å². The number of rotatable bonds is 11. The van der Waals surface area contributed by atoms with E-state index in [0.717, 1.165) is 10.8 Å². The minimum Gasteiger partial charge on any atom is -0.0596 e. The number of benzene rings is 1. The van der Waals surface area contributed by atoms with Gasteiger partial charge in [0.2, 0.25) is 0 Å². The summed E-state index contributed by atoms with van der Waals surface area (Å²) in [5.74, 6) is 0. The lowest BCUT2D eigenvalue weighted by Gasteiger charge is -2.14. The maximum absolute atomic E-state index is 2.46. The van der Waals surface area contributed by atoms with Gasteiger partial charge in [0, 0.05) is 0 Å². The molecule has 2 saturated carbocycles. The Bertz CT molecular complexity index is 572. The van der Waals surface area contributed by atoms with Crippen LogP contribution >= 0.6 is 0 Å². The Kier molecular flexibility index (Phi) is 5.96. The number of hydrogen-bond acceptors (Lipinski definition) is 0. The molecule has 0 N–H and O–H groups in total. The molecular formula is C25H40. The summed E-state index contributed by atoms with van der Waals surface area (Å²) >= 11 is 0. The number of aryl methyl sites for hydroxylation is 2. The molecule has 0 radical (unpaired) electrons. The molecule has 2 aliphatic carbocycles. The molecule has 1 aromatic rings. The van der Waals surface area contributed by atoms with Crippen LogP contribution in [-0.2, 0) is 12.8 Å². The summed E-state index contributed by atoms with van der Waals surface area (Å²) in [6.45, 7) is 9.63. The molecule has 0 heteroatoms. The molecule has 0 spiro atoms. The van der Waals surface area contributed by atoms with E-state index >= 15 is 0 Å². The Balaban J connectivity index is 1.39. The van der Waals surface area contributed by atoms with Gasteiger partial charge < -0.3 is 0 Å². The molecule has 0 saturated heterocycles. The highest BCUT2D eigenvalue weighted by Gasteiger charge is 2.36. The van der Waals surface area contributed by atoms with Crippen molar-refractivity contribution in [1.29, 1.82) is 0 Å². The third-order valence-electron chi connectivity index (χ3n) is 7.42. The van der Waals surface area contributed by atoms with E-state index in [1.165, 1.54) is 83.5 Å². The zero-order valence-electron chi connectivity index (χ0n) is 17.3. The molecule has 25 heavy (non-hydrogen) atoms. The van der Waals surface area contributed by atoms with Crippen LogP contribution < -0.4 is 0 Å². The largest absolute Gasteiger partial charge is 0.0596 e. The third kappa shape index (κ3) is 5.60. The van der Waals surface area contributed by atoms with Crippen molar-refractivity contribution >= 4 is 0 Å². The van der Waals surface area contributed by atoms with Crippen LogP contribution in [0, 0.1) is 24.7 Å². The fourth-order valence-electron chi connectivity index (χ4n) is 4.31. The lowest BCUT2D eigenvalue weighted by atomic mass is 9.91. The van der Waals surface area contributed by atoms with Crippen LogP contribution in [0.1, 0.15) is 107 Å². The second kappa shape index (κ2) is 7.85. The highest BCUT2D eigenvalue weighted by molar-refractivity contribution is 5.39. The molecule has 140 valence electrons. The first-order valence-electron chi connectivity index (χ1n) is 11.0. The quantitative estimate of drug-likeness (QED) is 0.362. The Labute approximate surface area is 156 Å². The smallest absolute Gasteiger partial charge is 0.0276 e. The van der Waals surface area contributed by atoms with Crippen LogP contribution in [0.4, 0.5) is 0 Å². The zero-order valence-corrected chi connectivity index (χ0v) is 17.3. The molecule has 2 aliphatic rings. The first-order valence-corrected chi connectivity index (χ1v) is 11.0. The normalized spacial score (nSPS) is 19.8. The molecule has 0 nitrogen and oxygen atoms in total. The van der Waals surface area contributed by atoms with Crippen molar-refractivity contribution in [2.75, 3.05) is 0 Å². The predicted molar refractivity (Wildman–Crippen MR) is 110 cm³/mol. The van der Waals surface area contributed by atoms with Crippen molar-refractivity contribution < 1.29 is 0 Å². The predicted octanol–water partition coefficient (Wildman–Crippen LogP) is 7.72. The first kappa shape index (κ1) is 19.0. The Morgan fingerprint density at radius 3 is 1.48 bits per heavy atom. The molecule has 0 atom stereocenters. The fourth-order valence-corrected chi connectivity index (χ4v) is 4.31. The summed E-state index contributed by atoms with van der Waals surface area (Å²) in [6, 6.07) is 4.86. The van der Waals surface area contributed by atoms with E-state index in [0.29, 0.717) is 0 Å². The van der Waals surface area contributed by atoms with Gasteiger partial charge in [-0.1, -0.05) is 45.2 Å². The van der Waals surface area contributed by atoms with Gasteiger partial charge >= 0.3 is 0 Å². The SMILES string of the molecule is Cc1c(CCCCCC2(C)CC2)ccc(CCCCC2(C)CC2)c1C. The monoisotopic (exact) mass is 340 g/mol. The summed E-state index contributed by atoms with van der Waals surface area (Å²) in [4.78, 5) is 0. The van der Waals surface area contributed by atoms with E-state index in [1.54, 1.807) is 22.3 Å². The summed E-state index contributed by atoms with van der Waals surface area (Å²) in [5, 5.41) is 0. The molecule has 0 bridgehead atoms. The van der Waals surface area contributed by atoms with E-state index < -0.39 is 0 Å². The molecule has 1 aromatic carbocycles. The molecule has 0 heterocycles. The topological polar surface area (TPSA) is 0 Å². The maximum Gasteiger partial charge on any atom is -0.0276 e. The first-order chi connectivity index (χ1) is 11.9. The highest BCUT2D eigenvalue weighted by atomic mass is 14.4. The van der Waals surface area contributed by atoms with Crippen LogP contribution in [0.15, 0.2) is 12.1 Å². The standard InChI is InChI=1S/C25H40/c1-20-21(2)23(11-7-9-15-25(4)18-19-25)13-12-22(20)10-6-5-8-14-24(3)16-17-24/h12-13H,5-11,14-19H2,1-4H3. The minimum atomic E-state index is 0.728. The highest BCUT2D eigenvalue weighted by Crippen LogP contribution is 2.49. The summed E-state index contributed by atoms with van der Waals surface area (Å²) < 4.78 is 0. The molecule has 2 fully saturated rings. The van der Waals surface area contributed by atoms with Gasteiger partial charge in [-0.3, -0.25) is 0 Å². The second-order valence-electron chi connectivity index (χ2n) is 10.0. The number of hydrogen-bond donors (Lipinski definition) is 0. The van der Waals surface area contributed by atoms with E-state index in [9.17, 15) is 0 Å². The molecule has 0 aromatic heterocycles. The number of unbranched alkanes of at least 4 members (excludes halogenated alkanes) is 3. The molecule has 0 amide bonds. The molecule has 3 rings (SSSR count). The van der Waals surface area contributed by atoms with Gasteiger partial charge in [0.05, 0.1) is 0 Å². The van der Waals surface area contributed by atoms with Gasteiger partial charge in [-0.25, -0.2) is 0 Å². The van der Waals surface area contributed by atoms with Crippen molar-refractivity contribution in [1.82, 2.24) is 0 Å². The van der Waals surface area contributed by atoms with Crippen LogP contribution in [0.5, 0.6) is 0 Å². The summed E-state index contributed by atoms with van der Waals surface area (Å²) in [7, 11) is 0. The third-order valence-corrected chi connectivity index (χ3v) is 7.42. The van der Waals surface area contributed by atoms with E-state index in [-0.39, 0.29) is 0 Å². The van der Waals surface area contributed by atoms with Gasteiger partial charge in [-0.15, -0.1) is 0 Å². The average molecular weight is 341 g/mol. The lowest BCUT2D eigenvalue weighted by Crippen LogP contribution is -2.00. The lowest BCUT2D eigenvalue weighted by molar-refractivity contribution is 0.475. The zero-order chi connectivity index (χ0) is 17.9. The van der Waals surface area contributed by atoms with E-state index in [1.807, 2.05) is 0 Å². The van der Waals surface area contributed by atoms with Crippen LogP contribution in [0.2, 0.25) is 0 Å². The van der Waals surface area contributed by atoms with Crippen molar-refractivity contribution in [3.05, 3.63) is 34.4 Å². The Morgan fingerprint density at radius 1 is 0.640 bits per heavy atom. The van der Waals surface area contributed by atoms with Crippen molar-refractivity contribution in [3.8, 4) is 0 Å². The Morgan fingerprint density at radius 2 is 1.04 bits per heavy atom.